The number of fused-ring (bicyclic) bond motifs is 3. The van der Waals surface area contributed by atoms with Crippen molar-refractivity contribution in [2.75, 3.05) is 0 Å². The predicted molar refractivity (Wildman–Crippen MR) is 75.6 cm³/mol. The number of rotatable bonds is 0. The third-order valence-electron chi connectivity index (χ3n) is 3.67. The first-order chi connectivity index (χ1) is 9.82. The van der Waals surface area contributed by atoms with Crippen LogP contribution in [0, 0.1) is 13.8 Å². The molecule has 0 saturated heterocycles. The van der Waals surface area contributed by atoms with Gasteiger partial charge in [0.05, 0.1) is 11.0 Å². The Kier molecular flexibility index (Phi) is 2.83. The number of carbonyl (C=O) groups is 1. The summed E-state index contributed by atoms with van der Waals surface area (Å²) in [6.45, 7) is 3.53. The maximum absolute atomic E-state index is 12.9. The number of aryl methyl sites for hydroxylation is 2. The highest BCUT2D eigenvalue weighted by Gasteiger charge is 2.41. The molecule has 108 valence electrons. The molecule has 0 aliphatic heterocycles. The summed E-state index contributed by atoms with van der Waals surface area (Å²) in [5, 5.41) is 1.36. The molecule has 0 radical (unpaired) electrons. The van der Waals surface area contributed by atoms with E-state index in [2.05, 4.69) is 0 Å². The maximum atomic E-state index is 12.9. The van der Waals surface area contributed by atoms with E-state index in [9.17, 15) is 18.0 Å². The summed E-state index contributed by atoms with van der Waals surface area (Å²) < 4.78 is 39.6. The summed E-state index contributed by atoms with van der Waals surface area (Å²) in [7, 11) is 0. The molecule has 0 amide bonds. The molecule has 1 aromatic heterocycles. The number of halogens is 3. The van der Waals surface area contributed by atoms with E-state index in [-0.39, 0.29) is 0 Å². The Morgan fingerprint density at radius 3 is 2.29 bits per heavy atom. The number of carbonyl (C=O) groups excluding carboxylic acids is 1. The van der Waals surface area contributed by atoms with Crippen molar-refractivity contribution in [1.29, 1.82) is 0 Å². The van der Waals surface area contributed by atoms with E-state index >= 15 is 0 Å². The molecule has 2 aromatic carbocycles. The molecule has 0 saturated carbocycles. The molecule has 0 aliphatic rings. The topological polar surface area (TPSA) is 22.0 Å². The molecule has 0 atom stereocenters. The van der Waals surface area contributed by atoms with E-state index < -0.39 is 12.1 Å². The molecule has 0 unspecified atom stereocenters. The van der Waals surface area contributed by atoms with Gasteiger partial charge >= 0.3 is 12.1 Å². The Morgan fingerprint density at radius 1 is 1.00 bits per heavy atom. The molecule has 0 bridgehead atoms. The largest absolute Gasteiger partial charge is 0.472 e. The van der Waals surface area contributed by atoms with E-state index in [0.717, 1.165) is 10.1 Å². The number of alkyl halides is 3. The molecular weight excluding hydrogens is 279 g/mol. The molecule has 3 rings (SSSR count). The second kappa shape index (κ2) is 4.35. The summed E-state index contributed by atoms with van der Waals surface area (Å²) in [4.78, 5) is 11.9. The normalized spacial score (nSPS) is 12.2. The van der Waals surface area contributed by atoms with Crippen LogP contribution < -0.4 is 0 Å². The van der Waals surface area contributed by atoms with Crippen LogP contribution in [-0.4, -0.2) is 16.7 Å². The standard InChI is InChI=1S/C16H12F3NO/c1-9-5-4-8-12-13(9)11-7-3-6-10(2)14(11)20(12)15(21)16(17,18)19/h3-8H,1-2H3. The quantitative estimate of drug-likeness (QED) is 0.592. The first kappa shape index (κ1) is 13.7. The van der Waals surface area contributed by atoms with E-state index in [4.69, 9.17) is 0 Å². The molecule has 0 fully saturated rings. The van der Waals surface area contributed by atoms with Crippen LogP contribution in [-0.2, 0) is 0 Å². The van der Waals surface area contributed by atoms with Crippen LogP contribution in [0.2, 0.25) is 0 Å². The Hall–Kier alpha value is -2.30. The first-order valence-corrected chi connectivity index (χ1v) is 6.43. The van der Waals surface area contributed by atoms with Gasteiger partial charge in [0.15, 0.2) is 0 Å². The number of hydrogen-bond acceptors (Lipinski definition) is 1. The van der Waals surface area contributed by atoms with E-state index in [1.807, 2.05) is 13.0 Å². The van der Waals surface area contributed by atoms with Crippen LogP contribution in [0.15, 0.2) is 36.4 Å². The van der Waals surface area contributed by atoms with Gasteiger partial charge in [-0.15, -0.1) is 0 Å². The average Bonchev–Trinajstić information content (AvgIpc) is 2.74. The lowest BCUT2D eigenvalue weighted by Crippen LogP contribution is -2.29. The number of para-hydroxylation sites is 1. The van der Waals surface area contributed by atoms with Crippen molar-refractivity contribution < 1.29 is 18.0 Å². The molecule has 1 heterocycles. The van der Waals surface area contributed by atoms with Crippen LogP contribution in [0.1, 0.15) is 15.9 Å². The number of hydrogen-bond donors (Lipinski definition) is 0. The van der Waals surface area contributed by atoms with Crippen molar-refractivity contribution in [3.8, 4) is 0 Å². The van der Waals surface area contributed by atoms with Gasteiger partial charge in [-0.2, -0.15) is 13.2 Å². The summed E-state index contributed by atoms with van der Waals surface area (Å²) in [6.07, 6.45) is -4.91. The van der Waals surface area contributed by atoms with Crippen molar-refractivity contribution in [3.05, 3.63) is 47.5 Å². The van der Waals surface area contributed by atoms with Crippen molar-refractivity contribution >= 4 is 27.7 Å². The summed E-state index contributed by atoms with van der Waals surface area (Å²) in [5.41, 5.74) is 2.10. The van der Waals surface area contributed by atoms with Crippen LogP contribution in [0.3, 0.4) is 0 Å². The smallest absolute Gasteiger partial charge is 0.272 e. The minimum Gasteiger partial charge on any atom is -0.272 e. The molecule has 0 N–H and O–H groups in total. The molecule has 5 heteroatoms. The van der Waals surface area contributed by atoms with Crippen molar-refractivity contribution in [1.82, 2.24) is 4.57 Å². The molecule has 0 aliphatic carbocycles. The lowest BCUT2D eigenvalue weighted by atomic mass is 10.1. The third kappa shape index (κ3) is 1.92. The number of benzene rings is 2. The lowest BCUT2D eigenvalue weighted by Gasteiger charge is -2.10. The Morgan fingerprint density at radius 2 is 1.62 bits per heavy atom. The summed E-state index contributed by atoms with van der Waals surface area (Å²) in [5.74, 6) is -1.86. The zero-order valence-electron chi connectivity index (χ0n) is 11.5. The highest BCUT2D eigenvalue weighted by molar-refractivity contribution is 6.16. The fourth-order valence-corrected chi connectivity index (χ4v) is 2.80. The SMILES string of the molecule is Cc1cccc2c1c1cccc(C)c1n2C(=O)C(F)(F)F. The minimum absolute atomic E-state index is 0.293. The second-order valence-corrected chi connectivity index (χ2v) is 5.08. The van der Waals surface area contributed by atoms with E-state index in [1.165, 1.54) is 0 Å². The predicted octanol–water partition coefficient (Wildman–Crippen LogP) is 4.61. The molecule has 0 spiro atoms. The molecule has 21 heavy (non-hydrogen) atoms. The Labute approximate surface area is 118 Å². The van der Waals surface area contributed by atoms with Gasteiger partial charge in [-0.25, -0.2) is 0 Å². The summed E-state index contributed by atoms with van der Waals surface area (Å²) in [6, 6.07) is 10.3. The zero-order chi connectivity index (χ0) is 15.4. The zero-order valence-corrected chi connectivity index (χ0v) is 11.5. The number of nitrogens with zero attached hydrogens (tertiary/aromatic N) is 1. The van der Waals surface area contributed by atoms with Gasteiger partial charge < -0.3 is 0 Å². The van der Waals surface area contributed by atoms with Gasteiger partial charge in [-0.05, 0) is 31.0 Å². The van der Waals surface area contributed by atoms with Gasteiger partial charge in [0.1, 0.15) is 0 Å². The van der Waals surface area contributed by atoms with Gasteiger partial charge in [-0.3, -0.25) is 9.36 Å². The van der Waals surface area contributed by atoms with Gasteiger partial charge in [0.2, 0.25) is 0 Å². The van der Waals surface area contributed by atoms with Gasteiger partial charge in [-0.1, -0.05) is 30.3 Å². The van der Waals surface area contributed by atoms with Crippen LogP contribution >= 0.6 is 0 Å². The van der Waals surface area contributed by atoms with Crippen molar-refractivity contribution in [3.63, 3.8) is 0 Å². The van der Waals surface area contributed by atoms with Gasteiger partial charge in [0.25, 0.3) is 0 Å². The first-order valence-electron chi connectivity index (χ1n) is 6.43. The minimum atomic E-state index is -4.91. The number of aromatic nitrogens is 1. The third-order valence-corrected chi connectivity index (χ3v) is 3.67. The monoisotopic (exact) mass is 291 g/mol. The Bertz CT molecular complexity index is 874. The van der Waals surface area contributed by atoms with Crippen molar-refractivity contribution in [2.45, 2.75) is 20.0 Å². The molecule has 3 aromatic rings. The average molecular weight is 291 g/mol. The Balaban J connectivity index is 2.57. The fourth-order valence-electron chi connectivity index (χ4n) is 2.80. The second-order valence-electron chi connectivity index (χ2n) is 5.08. The lowest BCUT2D eigenvalue weighted by molar-refractivity contribution is -0.0939. The fraction of sp³-hybridized carbons (Fsp3) is 0.188. The van der Waals surface area contributed by atoms with Crippen molar-refractivity contribution in [2.24, 2.45) is 0 Å². The van der Waals surface area contributed by atoms with Crippen LogP contribution in [0.5, 0.6) is 0 Å². The maximum Gasteiger partial charge on any atom is 0.472 e. The molecule has 2 nitrogen and oxygen atoms in total. The summed E-state index contributed by atoms with van der Waals surface area (Å²) >= 11 is 0. The van der Waals surface area contributed by atoms with Crippen LogP contribution in [0.4, 0.5) is 13.2 Å². The highest BCUT2D eigenvalue weighted by Crippen LogP contribution is 2.35. The van der Waals surface area contributed by atoms with Gasteiger partial charge in [0, 0.05) is 10.8 Å². The molecular formula is C16H12F3NO. The van der Waals surface area contributed by atoms with E-state index in [0.29, 0.717) is 27.4 Å². The van der Waals surface area contributed by atoms with E-state index in [1.54, 1.807) is 37.3 Å². The van der Waals surface area contributed by atoms with Crippen LogP contribution in [0.25, 0.3) is 21.8 Å². The highest BCUT2D eigenvalue weighted by atomic mass is 19.4.